The predicted octanol–water partition coefficient (Wildman–Crippen LogP) is 2.57. The number of hydrogen-bond acceptors (Lipinski definition) is 4. The van der Waals surface area contributed by atoms with Gasteiger partial charge in [-0.05, 0) is 30.9 Å². The molecule has 1 unspecified atom stereocenters. The lowest BCUT2D eigenvalue weighted by Gasteiger charge is -2.14. The highest BCUT2D eigenvalue weighted by molar-refractivity contribution is 7.98. The Kier molecular flexibility index (Phi) is 4.49. The fraction of sp³-hybridized carbons (Fsp3) is 0.364. The molecule has 4 nitrogen and oxygen atoms in total. The number of thioether (sulfide) groups is 1. The average Bonchev–Trinajstić information content (AvgIpc) is 2.27. The molecule has 0 radical (unpaired) electrons. The normalized spacial score (nSPS) is 11.9. The summed E-state index contributed by atoms with van der Waals surface area (Å²) in [6.07, 6.45) is 0.823. The minimum Gasteiger partial charge on any atom is -0.496 e. The van der Waals surface area contributed by atoms with Crippen LogP contribution < -0.4 is 10.5 Å². The second kappa shape index (κ2) is 5.65. The third-order valence-corrected chi connectivity index (χ3v) is 2.95. The number of methoxy groups -OCH3 is 1. The molecular formula is C11H15NO3S. The number of rotatable bonds is 4. The van der Waals surface area contributed by atoms with Gasteiger partial charge in [0, 0.05) is 4.90 Å². The predicted molar refractivity (Wildman–Crippen MR) is 63.9 cm³/mol. The number of nitrogens with two attached hydrogens (primary N) is 1. The van der Waals surface area contributed by atoms with Gasteiger partial charge in [0.1, 0.15) is 11.9 Å². The maximum atomic E-state index is 10.6. The monoisotopic (exact) mass is 241 g/mol. The zero-order valence-corrected chi connectivity index (χ0v) is 10.3. The summed E-state index contributed by atoms with van der Waals surface area (Å²) in [6, 6.07) is 5.67. The van der Waals surface area contributed by atoms with Crippen molar-refractivity contribution in [2.24, 2.45) is 5.73 Å². The van der Waals surface area contributed by atoms with Gasteiger partial charge in [-0.1, -0.05) is 6.07 Å². The minimum absolute atomic E-state index is 0.373. The van der Waals surface area contributed by atoms with E-state index in [9.17, 15) is 4.79 Å². The van der Waals surface area contributed by atoms with Crippen LogP contribution in [0.1, 0.15) is 18.6 Å². The van der Waals surface area contributed by atoms with Crippen LogP contribution in [0.3, 0.4) is 0 Å². The van der Waals surface area contributed by atoms with Gasteiger partial charge in [0.25, 0.3) is 0 Å². The van der Waals surface area contributed by atoms with Crippen molar-refractivity contribution in [3.05, 3.63) is 23.8 Å². The first-order valence-corrected chi connectivity index (χ1v) is 5.99. The molecule has 0 aliphatic rings. The maximum absolute atomic E-state index is 10.6. The quantitative estimate of drug-likeness (QED) is 0.823. The van der Waals surface area contributed by atoms with E-state index in [1.54, 1.807) is 25.8 Å². The first kappa shape index (κ1) is 12.7. The summed E-state index contributed by atoms with van der Waals surface area (Å²) in [4.78, 5) is 11.7. The van der Waals surface area contributed by atoms with Crippen LogP contribution in [0.2, 0.25) is 0 Å². The molecule has 1 amide bonds. The van der Waals surface area contributed by atoms with E-state index >= 15 is 0 Å². The van der Waals surface area contributed by atoms with Crippen LogP contribution in [0.5, 0.6) is 5.75 Å². The highest BCUT2D eigenvalue weighted by atomic mass is 32.2. The summed E-state index contributed by atoms with van der Waals surface area (Å²) < 4.78 is 10.1. The summed E-state index contributed by atoms with van der Waals surface area (Å²) >= 11 is 1.60. The summed E-state index contributed by atoms with van der Waals surface area (Å²) in [7, 11) is 1.61. The third-order valence-electron chi connectivity index (χ3n) is 2.17. The molecule has 5 heteroatoms. The first-order chi connectivity index (χ1) is 7.58. The molecule has 1 atom stereocenters. The molecule has 16 heavy (non-hydrogen) atoms. The van der Waals surface area contributed by atoms with Crippen LogP contribution >= 0.6 is 11.8 Å². The van der Waals surface area contributed by atoms with E-state index in [2.05, 4.69) is 0 Å². The number of benzene rings is 1. The topological polar surface area (TPSA) is 61.6 Å². The number of hydrogen-bond donors (Lipinski definition) is 1. The van der Waals surface area contributed by atoms with Crippen molar-refractivity contribution in [2.45, 2.75) is 17.9 Å². The van der Waals surface area contributed by atoms with Crippen LogP contribution in [-0.4, -0.2) is 19.5 Å². The van der Waals surface area contributed by atoms with E-state index in [-0.39, 0.29) is 6.10 Å². The minimum atomic E-state index is -0.777. The Morgan fingerprint density at radius 1 is 1.50 bits per heavy atom. The first-order valence-electron chi connectivity index (χ1n) is 4.76. The number of primary amides is 1. The maximum Gasteiger partial charge on any atom is 0.405 e. The van der Waals surface area contributed by atoms with E-state index in [1.165, 1.54) is 0 Å². The lowest BCUT2D eigenvalue weighted by atomic mass is 10.1. The molecule has 0 aromatic heterocycles. The molecule has 1 aromatic rings. The number of carbonyl (C=O) groups is 1. The molecule has 0 bridgehead atoms. The molecule has 0 heterocycles. The third kappa shape index (κ3) is 3.06. The SMILES string of the molecule is COc1cc(C(C)OC(N)=O)ccc1SC. The molecule has 0 saturated carbocycles. The average molecular weight is 241 g/mol. The van der Waals surface area contributed by atoms with E-state index in [1.807, 2.05) is 24.5 Å². The van der Waals surface area contributed by atoms with Crippen molar-refractivity contribution >= 4 is 17.9 Å². The van der Waals surface area contributed by atoms with Gasteiger partial charge < -0.3 is 15.2 Å². The molecule has 1 rings (SSSR count). The van der Waals surface area contributed by atoms with Gasteiger partial charge in [-0.3, -0.25) is 0 Å². The van der Waals surface area contributed by atoms with Crippen molar-refractivity contribution in [1.82, 2.24) is 0 Å². The zero-order chi connectivity index (χ0) is 12.1. The molecule has 0 aliphatic carbocycles. The van der Waals surface area contributed by atoms with Crippen molar-refractivity contribution in [1.29, 1.82) is 0 Å². The summed E-state index contributed by atoms with van der Waals surface area (Å²) in [5.74, 6) is 0.768. The van der Waals surface area contributed by atoms with Gasteiger partial charge >= 0.3 is 6.09 Å². The van der Waals surface area contributed by atoms with Crippen LogP contribution in [-0.2, 0) is 4.74 Å². The molecule has 0 spiro atoms. The molecular weight excluding hydrogens is 226 g/mol. The highest BCUT2D eigenvalue weighted by Crippen LogP contribution is 2.31. The summed E-state index contributed by atoms with van der Waals surface area (Å²) in [5.41, 5.74) is 5.82. The standard InChI is InChI=1S/C11H15NO3S/c1-7(15-11(12)13)8-4-5-10(16-3)9(6-8)14-2/h4-7H,1-3H3,(H2,12,13). The highest BCUT2D eigenvalue weighted by Gasteiger charge is 2.11. The van der Waals surface area contributed by atoms with Gasteiger partial charge in [0.2, 0.25) is 0 Å². The lowest BCUT2D eigenvalue weighted by molar-refractivity contribution is 0.116. The number of ether oxygens (including phenoxy) is 2. The van der Waals surface area contributed by atoms with Gasteiger partial charge in [-0.2, -0.15) is 0 Å². The number of carbonyl (C=O) groups excluding carboxylic acids is 1. The Balaban J connectivity index is 2.93. The molecule has 0 aliphatic heterocycles. The van der Waals surface area contributed by atoms with E-state index in [0.717, 1.165) is 16.2 Å². The largest absolute Gasteiger partial charge is 0.496 e. The lowest BCUT2D eigenvalue weighted by Crippen LogP contribution is -2.15. The Hall–Kier alpha value is -1.36. The Morgan fingerprint density at radius 3 is 2.69 bits per heavy atom. The molecule has 0 saturated heterocycles. The molecule has 1 aromatic carbocycles. The van der Waals surface area contributed by atoms with Crippen LogP contribution in [0.4, 0.5) is 4.79 Å². The smallest absolute Gasteiger partial charge is 0.405 e. The Morgan fingerprint density at radius 2 is 2.19 bits per heavy atom. The Bertz CT molecular complexity index is 381. The second-order valence-electron chi connectivity index (χ2n) is 3.19. The fourth-order valence-electron chi connectivity index (χ4n) is 1.35. The molecule has 2 N–H and O–H groups in total. The fourth-order valence-corrected chi connectivity index (χ4v) is 1.90. The van der Waals surface area contributed by atoms with Gasteiger partial charge in [0.15, 0.2) is 0 Å². The zero-order valence-electron chi connectivity index (χ0n) is 9.52. The summed E-state index contributed by atoms with van der Waals surface area (Å²) in [5, 5.41) is 0. The van der Waals surface area contributed by atoms with E-state index in [0.29, 0.717) is 0 Å². The van der Waals surface area contributed by atoms with Gasteiger partial charge in [0.05, 0.1) is 7.11 Å². The van der Waals surface area contributed by atoms with Crippen molar-refractivity contribution in [3.63, 3.8) is 0 Å². The molecule has 0 fully saturated rings. The van der Waals surface area contributed by atoms with E-state index < -0.39 is 6.09 Å². The van der Waals surface area contributed by atoms with Gasteiger partial charge in [-0.15, -0.1) is 11.8 Å². The van der Waals surface area contributed by atoms with Crippen molar-refractivity contribution in [3.8, 4) is 5.75 Å². The van der Waals surface area contributed by atoms with Crippen LogP contribution in [0, 0.1) is 0 Å². The molecule has 88 valence electrons. The second-order valence-corrected chi connectivity index (χ2v) is 4.04. The van der Waals surface area contributed by atoms with Crippen molar-refractivity contribution < 1.29 is 14.3 Å². The van der Waals surface area contributed by atoms with E-state index in [4.69, 9.17) is 15.2 Å². The summed E-state index contributed by atoms with van der Waals surface area (Å²) in [6.45, 7) is 1.76. The van der Waals surface area contributed by atoms with Crippen LogP contribution in [0.25, 0.3) is 0 Å². The number of amides is 1. The Labute approximate surface area is 99.1 Å². The van der Waals surface area contributed by atoms with Crippen molar-refractivity contribution in [2.75, 3.05) is 13.4 Å². The van der Waals surface area contributed by atoms with Crippen LogP contribution in [0.15, 0.2) is 23.1 Å². The van der Waals surface area contributed by atoms with Gasteiger partial charge in [-0.25, -0.2) is 4.79 Å².